The number of aryl methyl sites for hydroxylation is 1. The molecule has 0 aliphatic heterocycles. The molecule has 0 bridgehead atoms. The molecule has 0 aromatic carbocycles. The first kappa shape index (κ1) is 8.97. The number of amides is 1. The number of carbonyl (C=O) groups excluding carboxylic acids is 1. The summed E-state index contributed by atoms with van der Waals surface area (Å²) < 4.78 is 4.01. The molecule has 1 aliphatic carbocycles. The molecule has 1 aromatic heterocycles. The fraction of sp³-hybridized carbons (Fsp3) is 0.500. The molecule has 1 fully saturated rings. The molecular weight excluding hydrogens is 208 g/mol. The molecule has 1 N–H and O–H groups in total. The molecule has 0 saturated heterocycles. The van der Waals surface area contributed by atoms with E-state index >= 15 is 0 Å². The van der Waals surface area contributed by atoms with E-state index in [1.165, 1.54) is 0 Å². The molecule has 2 rings (SSSR count). The second-order valence-electron chi connectivity index (χ2n) is 3.16. The van der Waals surface area contributed by atoms with Crippen LogP contribution in [0.2, 0.25) is 5.02 Å². The van der Waals surface area contributed by atoms with Gasteiger partial charge in [-0.15, -0.1) is 0 Å². The highest BCUT2D eigenvalue weighted by molar-refractivity contribution is 7.08. The summed E-state index contributed by atoms with van der Waals surface area (Å²) in [4.78, 5) is 12.0. The monoisotopic (exact) mass is 216 g/mol. The van der Waals surface area contributed by atoms with Crippen LogP contribution in [0.3, 0.4) is 0 Å². The molecule has 5 heteroatoms. The minimum Gasteiger partial charge on any atom is -0.349 e. The van der Waals surface area contributed by atoms with E-state index < -0.39 is 0 Å². The lowest BCUT2D eigenvalue weighted by molar-refractivity contribution is 0.0955. The topological polar surface area (TPSA) is 42.0 Å². The maximum atomic E-state index is 11.5. The third kappa shape index (κ3) is 1.84. The summed E-state index contributed by atoms with van der Waals surface area (Å²) in [6.07, 6.45) is 2.17. The second-order valence-corrected chi connectivity index (χ2v) is 4.31. The van der Waals surface area contributed by atoms with Gasteiger partial charge in [0, 0.05) is 6.04 Å². The molecule has 1 saturated carbocycles. The summed E-state index contributed by atoms with van der Waals surface area (Å²) in [6, 6.07) is 0.367. The van der Waals surface area contributed by atoms with Crippen LogP contribution < -0.4 is 5.32 Å². The lowest BCUT2D eigenvalue weighted by Gasteiger charge is -1.99. The van der Waals surface area contributed by atoms with Gasteiger partial charge in [0.15, 0.2) is 0 Å². The summed E-state index contributed by atoms with van der Waals surface area (Å²) in [5, 5.41) is 3.36. The van der Waals surface area contributed by atoms with Crippen LogP contribution in [0.4, 0.5) is 0 Å². The SMILES string of the molecule is Cc1nsc(C(=O)NC2CC2)c1Cl. The molecule has 1 heterocycles. The average molecular weight is 217 g/mol. The van der Waals surface area contributed by atoms with Crippen molar-refractivity contribution in [2.24, 2.45) is 0 Å². The highest BCUT2D eigenvalue weighted by Crippen LogP contribution is 2.25. The number of carbonyl (C=O) groups is 1. The van der Waals surface area contributed by atoms with Gasteiger partial charge in [0.1, 0.15) is 4.88 Å². The van der Waals surface area contributed by atoms with E-state index in [0.29, 0.717) is 15.9 Å². The standard InChI is InChI=1S/C8H9ClN2OS/c1-4-6(9)7(13-11-4)8(12)10-5-2-3-5/h5H,2-3H2,1H3,(H,10,12). The number of rotatable bonds is 2. The van der Waals surface area contributed by atoms with E-state index in [1.807, 2.05) is 0 Å². The maximum absolute atomic E-state index is 11.5. The van der Waals surface area contributed by atoms with Crippen molar-refractivity contribution in [3.05, 3.63) is 15.6 Å². The van der Waals surface area contributed by atoms with E-state index in [0.717, 1.165) is 30.1 Å². The Morgan fingerprint density at radius 2 is 2.38 bits per heavy atom. The van der Waals surface area contributed by atoms with Crippen LogP contribution in [0.15, 0.2) is 0 Å². The number of nitrogens with one attached hydrogen (secondary N) is 1. The Morgan fingerprint density at radius 1 is 1.69 bits per heavy atom. The molecule has 0 atom stereocenters. The quantitative estimate of drug-likeness (QED) is 0.822. The van der Waals surface area contributed by atoms with Gasteiger partial charge in [0.05, 0.1) is 10.7 Å². The zero-order chi connectivity index (χ0) is 9.42. The Labute approximate surface area is 85.3 Å². The van der Waals surface area contributed by atoms with Gasteiger partial charge in [-0.2, -0.15) is 4.37 Å². The first-order valence-corrected chi connectivity index (χ1v) is 5.26. The van der Waals surface area contributed by atoms with E-state index in [4.69, 9.17) is 11.6 Å². The van der Waals surface area contributed by atoms with E-state index in [9.17, 15) is 4.79 Å². The molecule has 3 nitrogen and oxygen atoms in total. The predicted molar refractivity (Wildman–Crippen MR) is 52.3 cm³/mol. The minimum atomic E-state index is -0.0851. The average Bonchev–Trinajstić information content (AvgIpc) is 2.82. The van der Waals surface area contributed by atoms with Crippen LogP contribution in [0.5, 0.6) is 0 Å². The molecule has 0 radical (unpaired) electrons. The first-order valence-electron chi connectivity index (χ1n) is 4.11. The summed E-state index contributed by atoms with van der Waals surface area (Å²) >= 11 is 7.05. The third-order valence-electron chi connectivity index (χ3n) is 1.91. The van der Waals surface area contributed by atoms with Crippen LogP contribution >= 0.6 is 23.1 Å². The summed E-state index contributed by atoms with van der Waals surface area (Å²) in [5.41, 5.74) is 0.729. The number of nitrogens with zero attached hydrogens (tertiary/aromatic N) is 1. The fourth-order valence-electron chi connectivity index (χ4n) is 0.978. The van der Waals surface area contributed by atoms with Crippen molar-refractivity contribution in [3.63, 3.8) is 0 Å². The van der Waals surface area contributed by atoms with Crippen LogP contribution in [-0.2, 0) is 0 Å². The van der Waals surface area contributed by atoms with Crippen LogP contribution in [0.1, 0.15) is 28.2 Å². The molecular formula is C8H9ClN2OS. The van der Waals surface area contributed by atoms with Gasteiger partial charge in [0.25, 0.3) is 5.91 Å². The number of hydrogen-bond donors (Lipinski definition) is 1. The number of halogens is 1. The lowest BCUT2D eigenvalue weighted by atomic mass is 10.4. The van der Waals surface area contributed by atoms with Gasteiger partial charge in [-0.05, 0) is 31.3 Å². The van der Waals surface area contributed by atoms with Crippen molar-refractivity contribution >= 4 is 29.0 Å². The van der Waals surface area contributed by atoms with Crippen LogP contribution in [-0.4, -0.2) is 16.3 Å². The van der Waals surface area contributed by atoms with E-state index in [2.05, 4.69) is 9.69 Å². The summed E-state index contributed by atoms with van der Waals surface area (Å²) in [7, 11) is 0. The van der Waals surface area contributed by atoms with Crippen LogP contribution in [0, 0.1) is 6.92 Å². The number of aromatic nitrogens is 1. The van der Waals surface area contributed by atoms with Gasteiger partial charge in [-0.3, -0.25) is 4.79 Å². The Balaban J connectivity index is 2.14. The molecule has 13 heavy (non-hydrogen) atoms. The first-order chi connectivity index (χ1) is 6.18. The van der Waals surface area contributed by atoms with E-state index in [1.54, 1.807) is 6.92 Å². The molecule has 1 amide bonds. The van der Waals surface area contributed by atoms with Gasteiger partial charge in [-0.1, -0.05) is 11.6 Å². The lowest BCUT2D eigenvalue weighted by Crippen LogP contribution is -2.24. The summed E-state index contributed by atoms with van der Waals surface area (Å²) in [5.74, 6) is -0.0851. The van der Waals surface area contributed by atoms with Crippen LogP contribution in [0.25, 0.3) is 0 Å². The van der Waals surface area contributed by atoms with Crippen molar-refractivity contribution in [2.45, 2.75) is 25.8 Å². The molecule has 1 aliphatic rings. The predicted octanol–water partition coefficient (Wildman–Crippen LogP) is 2.00. The smallest absolute Gasteiger partial charge is 0.264 e. The molecule has 0 spiro atoms. The van der Waals surface area contributed by atoms with Gasteiger partial charge < -0.3 is 5.32 Å². The normalized spacial score (nSPS) is 15.8. The van der Waals surface area contributed by atoms with Crippen molar-refractivity contribution in [1.29, 1.82) is 0 Å². The van der Waals surface area contributed by atoms with E-state index in [-0.39, 0.29) is 5.91 Å². The van der Waals surface area contributed by atoms with Crippen molar-refractivity contribution in [3.8, 4) is 0 Å². The third-order valence-corrected chi connectivity index (χ3v) is 3.42. The van der Waals surface area contributed by atoms with Crippen molar-refractivity contribution in [2.75, 3.05) is 0 Å². The maximum Gasteiger partial charge on any atom is 0.264 e. The highest BCUT2D eigenvalue weighted by Gasteiger charge is 2.26. The Kier molecular flexibility index (Phi) is 2.26. The van der Waals surface area contributed by atoms with Crippen molar-refractivity contribution < 1.29 is 4.79 Å². The fourth-order valence-corrected chi connectivity index (χ4v) is 1.95. The molecule has 70 valence electrons. The largest absolute Gasteiger partial charge is 0.349 e. The van der Waals surface area contributed by atoms with Gasteiger partial charge in [-0.25, -0.2) is 0 Å². The zero-order valence-corrected chi connectivity index (χ0v) is 8.71. The Hall–Kier alpha value is -0.610. The van der Waals surface area contributed by atoms with Gasteiger partial charge in [0.2, 0.25) is 0 Å². The molecule has 0 unspecified atom stereocenters. The number of hydrogen-bond acceptors (Lipinski definition) is 3. The summed E-state index contributed by atoms with van der Waals surface area (Å²) in [6.45, 7) is 1.80. The second kappa shape index (κ2) is 3.27. The minimum absolute atomic E-state index is 0.0851. The zero-order valence-electron chi connectivity index (χ0n) is 7.13. The highest BCUT2D eigenvalue weighted by atomic mass is 35.5. The Morgan fingerprint density at radius 3 is 2.85 bits per heavy atom. The van der Waals surface area contributed by atoms with Gasteiger partial charge >= 0.3 is 0 Å². The van der Waals surface area contributed by atoms with Crippen molar-refractivity contribution in [1.82, 2.24) is 9.69 Å². The molecule has 1 aromatic rings. The Bertz CT molecular complexity index is 346.